The third-order valence-electron chi connectivity index (χ3n) is 6.41. The molecule has 2 N–H and O–H groups in total. The van der Waals surface area contributed by atoms with Crippen molar-refractivity contribution < 1.29 is 9.59 Å². The molecule has 0 aromatic heterocycles. The van der Waals surface area contributed by atoms with Crippen molar-refractivity contribution >= 4 is 17.5 Å². The van der Waals surface area contributed by atoms with Gasteiger partial charge in [-0.25, -0.2) is 0 Å². The minimum absolute atomic E-state index is 0.132. The first-order chi connectivity index (χ1) is 17.5. The molecule has 0 saturated carbocycles. The van der Waals surface area contributed by atoms with E-state index in [0.29, 0.717) is 16.8 Å². The standard InChI is InChI=1S/C29H31N5O2/c1-22(25-7-3-2-4-8-25)31-29(36)26-9-5-6-10-27(26)32-28(35)21-34-17-15-33(16-18-34)20-24-13-11-23(19-30)12-14-24/h2-14,22H,15-18,20-21H2,1H3,(H,31,36)(H,32,35). The van der Waals surface area contributed by atoms with Crippen molar-refractivity contribution in [2.75, 3.05) is 38.0 Å². The Morgan fingerprint density at radius 1 is 0.889 bits per heavy atom. The molecule has 1 fully saturated rings. The van der Waals surface area contributed by atoms with E-state index in [-0.39, 0.29) is 24.4 Å². The molecule has 2 amide bonds. The van der Waals surface area contributed by atoms with Crippen molar-refractivity contribution in [3.05, 3.63) is 101 Å². The maximum absolute atomic E-state index is 12.9. The second-order valence-corrected chi connectivity index (χ2v) is 9.06. The van der Waals surface area contributed by atoms with Gasteiger partial charge in [0.1, 0.15) is 0 Å². The van der Waals surface area contributed by atoms with Crippen LogP contribution in [0.4, 0.5) is 5.69 Å². The van der Waals surface area contributed by atoms with Gasteiger partial charge in [0.15, 0.2) is 0 Å². The molecule has 36 heavy (non-hydrogen) atoms. The molecule has 0 radical (unpaired) electrons. The maximum atomic E-state index is 12.9. The number of carbonyl (C=O) groups excluding carboxylic acids is 2. The Balaban J connectivity index is 1.27. The third kappa shape index (κ3) is 6.79. The monoisotopic (exact) mass is 481 g/mol. The molecular weight excluding hydrogens is 450 g/mol. The van der Waals surface area contributed by atoms with Crippen molar-refractivity contribution in [1.29, 1.82) is 5.26 Å². The summed E-state index contributed by atoms with van der Waals surface area (Å²) in [7, 11) is 0. The molecular formula is C29H31N5O2. The molecule has 0 bridgehead atoms. The highest BCUT2D eigenvalue weighted by molar-refractivity contribution is 6.04. The van der Waals surface area contributed by atoms with Crippen LogP contribution in [0.1, 0.15) is 40.0 Å². The van der Waals surface area contributed by atoms with Crippen LogP contribution in [0.15, 0.2) is 78.9 Å². The fourth-order valence-electron chi connectivity index (χ4n) is 4.33. The van der Waals surface area contributed by atoms with Crippen molar-refractivity contribution in [1.82, 2.24) is 15.1 Å². The lowest BCUT2D eigenvalue weighted by Crippen LogP contribution is -2.48. The van der Waals surface area contributed by atoms with Crippen LogP contribution < -0.4 is 10.6 Å². The van der Waals surface area contributed by atoms with Crippen molar-refractivity contribution in [3.8, 4) is 6.07 Å². The van der Waals surface area contributed by atoms with Gasteiger partial charge in [0.2, 0.25) is 5.91 Å². The first-order valence-electron chi connectivity index (χ1n) is 12.2. The van der Waals surface area contributed by atoms with Gasteiger partial charge in [0.25, 0.3) is 5.91 Å². The zero-order valence-electron chi connectivity index (χ0n) is 20.5. The van der Waals surface area contributed by atoms with Crippen LogP contribution in [0.25, 0.3) is 0 Å². The van der Waals surface area contributed by atoms with E-state index in [1.54, 1.807) is 18.2 Å². The van der Waals surface area contributed by atoms with Crippen LogP contribution in [-0.4, -0.2) is 54.3 Å². The number of nitrogens with zero attached hydrogens (tertiary/aromatic N) is 3. The number of nitrogens with one attached hydrogen (secondary N) is 2. The predicted octanol–water partition coefficient (Wildman–Crippen LogP) is 3.81. The van der Waals surface area contributed by atoms with Crippen molar-refractivity contribution in [2.24, 2.45) is 0 Å². The van der Waals surface area contributed by atoms with Gasteiger partial charge in [0.05, 0.1) is 35.5 Å². The van der Waals surface area contributed by atoms with Gasteiger partial charge in [-0.3, -0.25) is 19.4 Å². The van der Waals surface area contributed by atoms with Crippen molar-refractivity contribution in [3.63, 3.8) is 0 Å². The number of hydrogen-bond donors (Lipinski definition) is 2. The molecule has 184 valence electrons. The smallest absolute Gasteiger partial charge is 0.253 e. The highest BCUT2D eigenvalue weighted by Gasteiger charge is 2.21. The largest absolute Gasteiger partial charge is 0.345 e. The highest BCUT2D eigenvalue weighted by atomic mass is 16.2. The molecule has 0 aliphatic carbocycles. The summed E-state index contributed by atoms with van der Waals surface area (Å²) in [6, 6.07) is 26.5. The van der Waals surface area contributed by atoms with E-state index in [1.165, 1.54) is 5.56 Å². The van der Waals surface area contributed by atoms with E-state index >= 15 is 0 Å². The van der Waals surface area contributed by atoms with Gasteiger partial charge in [0, 0.05) is 32.7 Å². The Bertz CT molecular complexity index is 1210. The van der Waals surface area contributed by atoms with E-state index in [2.05, 4.69) is 26.5 Å². The molecule has 1 saturated heterocycles. The van der Waals surface area contributed by atoms with E-state index in [1.807, 2.05) is 67.6 Å². The summed E-state index contributed by atoms with van der Waals surface area (Å²) in [6.07, 6.45) is 0. The highest BCUT2D eigenvalue weighted by Crippen LogP contribution is 2.18. The molecule has 7 nitrogen and oxygen atoms in total. The second kappa shape index (κ2) is 12.1. The number of para-hydroxylation sites is 1. The fourth-order valence-corrected chi connectivity index (χ4v) is 4.33. The number of hydrogen-bond acceptors (Lipinski definition) is 5. The molecule has 1 atom stereocenters. The Morgan fingerprint density at radius 3 is 2.22 bits per heavy atom. The summed E-state index contributed by atoms with van der Waals surface area (Å²) < 4.78 is 0. The lowest BCUT2D eigenvalue weighted by Gasteiger charge is -2.34. The number of nitriles is 1. The Labute approximate surface area is 212 Å². The van der Waals surface area contributed by atoms with Gasteiger partial charge in [-0.2, -0.15) is 5.26 Å². The number of benzene rings is 3. The first-order valence-corrected chi connectivity index (χ1v) is 12.2. The SMILES string of the molecule is CC(NC(=O)c1ccccc1NC(=O)CN1CCN(Cc2ccc(C#N)cc2)CC1)c1ccccc1. The van der Waals surface area contributed by atoms with Crippen LogP contribution in [-0.2, 0) is 11.3 Å². The molecule has 7 heteroatoms. The van der Waals surface area contributed by atoms with Crippen LogP contribution >= 0.6 is 0 Å². The predicted molar refractivity (Wildman–Crippen MR) is 140 cm³/mol. The minimum atomic E-state index is -0.223. The van der Waals surface area contributed by atoms with Gasteiger partial charge in [-0.05, 0) is 42.3 Å². The van der Waals surface area contributed by atoms with E-state index in [0.717, 1.165) is 38.3 Å². The van der Waals surface area contributed by atoms with Gasteiger partial charge in [-0.15, -0.1) is 0 Å². The van der Waals surface area contributed by atoms with Crippen LogP contribution in [0.3, 0.4) is 0 Å². The van der Waals surface area contributed by atoms with E-state index in [9.17, 15) is 9.59 Å². The molecule has 1 aliphatic heterocycles. The third-order valence-corrected chi connectivity index (χ3v) is 6.41. The van der Waals surface area contributed by atoms with Gasteiger partial charge >= 0.3 is 0 Å². The molecule has 4 rings (SSSR count). The fraction of sp³-hybridized carbons (Fsp3) is 0.276. The van der Waals surface area contributed by atoms with Crippen LogP contribution in [0, 0.1) is 11.3 Å². The molecule has 3 aromatic carbocycles. The first kappa shape index (κ1) is 25.1. The molecule has 0 spiro atoms. The topological polar surface area (TPSA) is 88.5 Å². The quantitative estimate of drug-likeness (QED) is 0.511. The number of anilines is 1. The zero-order chi connectivity index (χ0) is 25.3. The van der Waals surface area contributed by atoms with Crippen molar-refractivity contribution in [2.45, 2.75) is 19.5 Å². The zero-order valence-corrected chi connectivity index (χ0v) is 20.5. The Morgan fingerprint density at radius 2 is 1.53 bits per heavy atom. The summed E-state index contributed by atoms with van der Waals surface area (Å²) in [5, 5.41) is 14.9. The minimum Gasteiger partial charge on any atom is -0.345 e. The number of piperazine rings is 1. The number of carbonyl (C=O) groups is 2. The number of amides is 2. The summed E-state index contributed by atoms with van der Waals surface area (Å²) >= 11 is 0. The second-order valence-electron chi connectivity index (χ2n) is 9.06. The Kier molecular flexibility index (Phi) is 8.45. The number of rotatable bonds is 8. The van der Waals surface area contributed by atoms with E-state index < -0.39 is 0 Å². The average Bonchev–Trinajstić information content (AvgIpc) is 2.91. The molecule has 1 aliphatic rings. The van der Waals surface area contributed by atoms with E-state index in [4.69, 9.17) is 5.26 Å². The molecule has 3 aromatic rings. The Hall–Kier alpha value is -3.99. The van der Waals surface area contributed by atoms with Crippen LogP contribution in [0.2, 0.25) is 0 Å². The normalized spacial score (nSPS) is 15.0. The maximum Gasteiger partial charge on any atom is 0.253 e. The lowest BCUT2D eigenvalue weighted by atomic mass is 10.1. The summed E-state index contributed by atoms with van der Waals surface area (Å²) in [4.78, 5) is 30.2. The van der Waals surface area contributed by atoms with Gasteiger partial charge in [-0.1, -0.05) is 54.6 Å². The van der Waals surface area contributed by atoms with Gasteiger partial charge < -0.3 is 10.6 Å². The average molecular weight is 482 g/mol. The summed E-state index contributed by atoms with van der Waals surface area (Å²) in [6.45, 7) is 6.36. The molecule has 1 unspecified atom stereocenters. The lowest BCUT2D eigenvalue weighted by molar-refractivity contribution is -0.117. The summed E-state index contributed by atoms with van der Waals surface area (Å²) in [5.41, 5.74) is 3.82. The summed E-state index contributed by atoms with van der Waals surface area (Å²) in [5.74, 6) is -0.356. The van der Waals surface area contributed by atoms with Crippen LogP contribution in [0.5, 0.6) is 0 Å². The molecule has 1 heterocycles.